The smallest absolute Gasteiger partial charge is 0.463 e. The molecule has 15 heteroatoms. The van der Waals surface area contributed by atoms with E-state index in [4.69, 9.17) is 34.8 Å². The van der Waals surface area contributed by atoms with E-state index in [1.807, 2.05) is 6.92 Å². The molecule has 15 nitrogen and oxygen atoms in total. The molecule has 2 aromatic rings. The number of terminal acetylenes is 1. The fourth-order valence-electron chi connectivity index (χ4n) is 4.41. The van der Waals surface area contributed by atoms with Crippen molar-refractivity contribution < 1.29 is 52.7 Å². The van der Waals surface area contributed by atoms with Crippen LogP contribution >= 0.6 is 0 Å². The fraction of sp³-hybridized carbons (Fsp3) is 0.414. The summed E-state index contributed by atoms with van der Waals surface area (Å²) >= 11 is 0. The van der Waals surface area contributed by atoms with Crippen LogP contribution in [0.3, 0.4) is 0 Å². The minimum Gasteiger partial charge on any atom is -0.463 e. The summed E-state index contributed by atoms with van der Waals surface area (Å²) in [5, 5.41) is 22.9. The number of nitro groups is 2. The normalized spacial score (nSPS) is 21.6. The van der Waals surface area contributed by atoms with E-state index in [1.54, 1.807) is 6.92 Å². The van der Waals surface area contributed by atoms with Crippen molar-refractivity contribution in [2.45, 2.75) is 58.7 Å². The summed E-state index contributed by atoms with van der Waals surface area (Å²) in [6.07, 6.45) is -0.0512. The zero-order valence-corrected chi connectivity index (χ0v) is 24.2. The van der Waals surface area contributed by atoms with Gasteiger partial charge in [-0.15, -0.1) is 12.3 Å². The predicted octanol–water partition coefficient (Wildman–Crippen LogP) is 4.65. The SMILES string of the molecule is C#CCC(OC(=O)Oc1ccc([N+](=O)[O-])cc1)c1ccc(O[C@@H]2OC(COC(C)=O)[C@H](C)[C@H](C)C2OC(C)=O)c([N+](=O)[O-])c1. The molecule has 3 unspecified atom stereocenters. The van der Waals surface area contributed by atoms with Crippen molar-refractivity contribution in [2.24, 2.45) is 11.8 Å². The lowest BCUT2D eigenvalue weighted by atomic mass is 9.83. The van der Waals surface area contributed by atoms with Gasteiger partial charge >= 0.3 is 23.8 Å². The van der Waals surface area contributed by atoms with Crippen LogP contribution < -0.4 is 9.47 Å². The molecule has 1 fully saturated rings. The average molecular weight is 615 g/mol. The van der Waals surface area contributed by atoms with Crippen LogP contribution in [0.25, 0.3) is 0 Å². The van der Waals surface area contributed by atoms with Gasteiger partial charge in [-0.1, -0.05) is 19.9 Å². The van der Waals surface area contributed by atoms with Crippen molar-refractivity contribution in [1.29, 1.82) is 0 Å². The Hall–Kier alpha value is -5.23. The first-order valence-corrected chi connectivity index (χ1v) is 13.3. The molecule has 0 radical (unpaired) electrons. The maximum atomic E-state index is 12.5. The summed E-state index contributed by atoms with van der Waals surface area (Å²) in [5.74, 6) is 0.288. The Morgan fingerprint density at radius 1 is 1.00 bits per heavy atom. The number of hydrogen-bond donors (Lipinski definition) is 0. The topological polar surface area (TPSA) is 193 Å². The average Bonchev–Trinajstić information content (AvgIpc) is 2.96. The number of esters is 2. The van der Waals surface area contributed by atoms with Gasteiger partial charge in [0, 0.05) is 43.5 Å². The van der Waals surface area contributed by atoms with E-state index in [9.17, 15) is 34.6 Å². The largest absolute Gasteiger partial charge is 0.514 e. The Balaban J connectivity index is 1.85. The molecule has 0 bridgehead atoms. The molecule has 3 rings (SSSR count). The number of benzene rings is 2. The van der Waals surface area contributed by atoms with E-state index < -0.39 is 58.2 Å². The molecule has 1 saturated heterocycles. The molecular formula is C29H30N2O13. The second-order valence-electron chi connectivity index (χ2n) is 9.86. The van der Waals surface area contributed by atoms with Crippen molar-refractivity contribution in [3.8, 4) is 23.8 Å². The molecule has 234 valence electrons. The number of carbonyl (C=O) groups is 3. The molecule has 2 aromatic carbocycles. The number of non-ortho nitro benzene ring substituents is 1. The van der Waals surface area contributed by atoms with E-state index in [2.05, 4.69) is 5.92 Å². The summed E-state index contributed by atoms with van der Waals surface area (Å²) in [5.41, 5.74) is -0.615. The van der Waals surface area contributed by atoms with Gasteiger partial charge in [-0.25, -0.2) is 4.79 Å². The Labute approximate surface area is 251 Å². The van der Waals surface area contributed by atoms with E-state index in [1.165, 1.54) is 38.1 Å². The minimum atomic E-state index is -1.30. The van der Waals surface area contributed by atoms with Crippen LogP contribution in [-0.2, 0) is 28.5 Å². The third kappa shape index (κ3) is 8.65. The summed E-state index contributed by atoms with van der Waals surface area (Å²) in [6, 6.07) is 8.39. The molecule has 0 aromatic heterocycles. The number of carbonyl (C=O) groups excluding carboxylic acids is 3. The van der Waals surface area contributed by atoms with Gasteiger partial charge < -0.3 is 28.4 Å². The number of nitrogens with zero attached hydrogens (tertiary/aromatic N) is 2. The lowest BCUT2D eigenvalue weighted by molar-refractivity contribution is -0.387. The van der Waals surface area contributed by atoms with Gasteiger partial charge in [0.05, 0.1) is 22.4 Å². The summed E-state index contributed by atoms with van der Waals surface area (Å²) < 4.78 is 32.8. The van der Waals surface area contributed by atoms with Crippen LogP contribution in [0.15, 0.2) is 42.5 Å². The van der Waals surface area contributed by atoms with Gasteiger partial charge in [-0.3, -0.25) is 29.8 Å². The molecule has 0 saturated carbocycles. The highest BCUT2D eigenvalue weighted by Crippen LogP contribution is 2.38. The molecule has 0 amide bonds. The standard InChI is InChI=1S/C29H30N2O13/c1-6-7-24(44-29(34)41-22-11-9-21(10-12-22)30(35)36)20-8-13-25(23(14-20)31(37)38)42-28-27(40-19(5)33)17(3)16(2)26(43-28)15-39-18(4)32/h1,8-14,16-17,24,26-28H,7,15H2,2-5H3/t16-,17+,24?,26?,27?,28-/m1/s1. The second kappa shape index (κ2) is 14.8. The first kappa shape index (κ1) is 33.3. The van der Waals surface area contributed by atoms with Crippen LogP contribution in [0.2, 0.25) is 0 Å². The number of hydrogen-bond acceptors (Lipinski definition) is 13. The predicted molar refractivity (Wildman–Crippen MR) is 149 cm³/mol. The van der Waals surface area contributed by atoms with E-state index in [-0.39, 0.29) is 47.6 Å². The third-order valence-electron chi connectivity index (χ3n) is 6.85. The van der Waals surface area contributed by atoms with Crippen LogP contribution in [0, 0.1) is 44.4 Å². The molecular weight excluding hydrogens is 584 g/mol. The first-order chi connectivity index (χ1) is 20.8. The molecule has 44 heavy (non-hydrogen) atoms. The molecule has 0 spiro atoms. The molecule has 0 aliphatic carbocycles. The molecule has 6 atom stereocenters. The highest BCUT2D eigenvalue weighted by atomic mass is 16.7. The third-order valence-corrected chi connectivity index (χ3v) is 6.85. The Morgan fingerprint density at radius 2 is 1.68 bits per heavy atom. The molecule has 1 heterocycles. The molecule has 1 aliphatic heterocycles. The van der Waals surface area contributed by atoms with Gasteiger partial charge in [0.1, 0.15) is 18.5 Å². The van der Waals surface area contributed by atoms with Gasteiger partial charge in [0.2, 0.25) is 6.29 Å². The summed E-state index contributed by atoms with van der Waals surface area (Å²) in [4.78, 5) is 57.2. The highest BCUT2D eigenvalue weighted by Gasteiger charge is 2.46. The summed E-state index contributed by atoms with van der Waals surface area (Å²) in [6.45, 7) is 5.93. The zero-order chi connectivity index (χ0) is 32.6. The van der Waals surface area contributed by atoms with Gasteiger partial charge in [0.25, 0.3) is 5.69 Å². The minimum absolute atomic E-state index is 0.0415. The Morgan fingerprint density at radius 3 is 2.25 bits per heavy atom. The highest BCUT2D eigenvalue weighted by molar-refractivity contribution is 5.66. The summed E-state index contributed by atoms with van der Waals surface area (Å²) in [7, 11) is 0. The number of ether oxygens (including phenoxy) is 6. The monoisotopic (exact) mass is 614 g/mol. The van der Waals surface area contributed by atoms with Crippen LogP contribution in [0.1, 0.15) is 45.8 Å². The van der Waals surface area contributed by atoms with Gasteiger partial charge in [0.15, 0.2) is 11.9 Å². The van der Waals surface area contributed by atoms with Crippen molar-refractivity contribution >= 4 is 29.5 Å². The fourth-order valence-corrected chi connectivity index (χ4v) is 4.41. The molecule has 1 aliphatic rings. The molecule has 0 N–H and O–H groups in total. The quantitative estimate of drug-likeness (QED) is 0.0848. The second-order valence-corrected chi connectivity index (χ2v) is 9.86. The lowest BCUT2D eigenvalue weighted by Crippen LogP contribution is -2.54. The van der Waals surface area contributed by atoms with Crippen LogP contribution in [0.4, 0.5) is 16.2 Å². The van der Waals surface area contributed by atoms with Crippen molar-refractivity contribution in [3.05, 3.63) is 68.3 Å². The number of rotatable bonds is 11. The Bertz CT molecular complexity index is 1430. The van der Waals surface area contributed by atoms with E-state index >= 15 is 0 Å². The maximum absolute atomic E-state index is 12.5. The van der Waals surface area contributed by atoms with Crippen LogP contribution in [0.5, 0.6) is 11.5 Å². The van der Waals surface area contributed by atoms with Crippen molar-refractivity contribution in [1.82, 2.24) is 0 Å². The van der Waals surface area contributed by atoms with Crippen molar-refractivity contribution in [2.75, 3.05) is 6.61 Å². The van der Waals surface area contributed by atoms with Gasteiger partial charge in [-0.05, 0) is 24.1 Å². The van der Waals surface area contributed by atoms with E-state index in [0.717, 1.165) is 18.2 Å². The first-order valence-electron chi connectivity index (χ1n) is 13.3. The van der Waals surface area contributed by atoms with Gasteiger partial charge in [-0.2, -0.15) is 0 Å². The zero-order valence-electron chi connectivity index (χ0n) is 24.2. The van der Waals surface area contributed by atoms with Crippen LogP contribution in [-0.4, -0.2) is 53.0 Å². The maximum Gasteiger partial charge on any atom is 0.514 e. The van der Waals surface area contributed by atoms with Crippen molar-refractivity contribution in [3.63, 3.8) is 0 Å². The lowest BCUT2D eigenvalue weighted by Gasteiger charge is -2.43. The number of nitro benzene ring substituents is 2. The van der Waals surface area contributed by atoms with E-state index in [0.29, 0.717) is 0 Å². The Kier molecular flexibility index (Phi) is 11.2.